The normalized spacial score (nSPS) is 16.9. The molecule has 2 rings (SSSR count). The van der Waals surface area contributed by atoms with E-state index < -0.39 is 35.9 Å². The van der Waals surface area contributed by atoms with Crippen LogP contribution >= 0.6 is 0 Å². The van der Waals surface area contributed by atoms with Gasteiger partial charge in [0, 0.05) is 5.56 Å². The number of halogens is 6. The van der Waals surface area contributed by atoms with Crippen LogP contribution in [-0.2, 0) is 11.2 Å². The summed E-state index contributed by atoms with van der Waals surface area (Å²) < 4.78 is 84.4. The van der Waals surface area contributed by atoms with Crippen molar-refractivity contribution in [1.29, 1.82) is 0 Å². The van der Waals surface area contributed by atoms with Gasteiger partial charge in [0.1, 0.15) is 11.5 Å². The molecule has 0 saturated heterocycles. The molecule has 1 aromatic rings. The van der Waals surface area contributed by atoms with Crippen LogP contribution in [-0.4, -0.2) is 29.7 Å². The Morgan fingerprint density at radius 3 is 2.32 bits per heavy atom. The van der Waals surface area contributed by atoms with E-state index >= 15 is 0 Å². The molecule has 0 radical (unpaired) electrons. The molecule has 1 atom stereocenters. The predicted molar refractivity (Wildman–Crippen MR) is 69.7 cm³/mol. The van der Waals surface area contributed by atoms with E-state index in [0.717, 1.165) is 12.1 Å². The molecule has 1 aliphatic rings. The monoisotopic (exact) mass is 380 g/mol. The largest absolute Gasteiger partial charge is 1.00 e. The molecule has 134 valence electrons. The summed E-state index contributed by atoms with van der Waals surface area (Å²) in [5.74, 6) is -2.88. The molecule has 1 unspecified atom stereocenters. The summed E-state index contributed by atoms with van der Waals surface area (Å²) in [7, 11) is 0. The minimum atomic E-state index is -5.00. The van der Waals surface area contributed by atoms with Crippen molar-refractivity contribution >= 4 is 12.0 Å². The van der Waals surface area contributed by atoms with Crippen LogP contribution in [0.15, 0.2) is 17.7 Å². The first-order valence-electron chi connectivity index (χ1n) is 6.53. The fourth-order valence-electron chi connectivity index (χ4n) is 2.23. The molecule has 0 aromatic heterocycles. The van der Waals surface area contributed by atoms with Gasteiger partial charge in [0.25, 0.3) is 0 Å². The fraction of sp³-hybridized carbons (Fsp3) is 0.357. The van der Waals surface area contributed by atoms with Crippen LogP contribution in [0.3, 0.4) is 0 Å². The van der Waals surface area contributed by atoms with E-state index in [4.69, 9.17) is 9.84 Å². The van der Waals surface area contributed by atoms with E-state index in [1.54, 1.807) is 0 Å². The van der Waals surface area contributed by atoms with Gasteiger partial charge in [-0.3, -0.25) is 0 Å². The maximum atomic E-state index is 13.0. The zero-order valence-electron chi connectivity index (χ0n) is 14.0. The van der Waals surface area contributed by atoms with Gasteiger partial charge in [0.15, 0.2) is 0 Å². The number of benzene rings is 1. The average Bonchev–Trinajstić information content (AvgIpc) is 2.42. The van der Waals surface area contributed by atoms with Crippen LogP contribution in [0.5, 0.6) is 11.5 Å². The minimum Gasteiger partial charge on any atom is -1.00 e. The maximum absolute atomic E-state index is 13.0. The first-order valence-corrected chi connectivity index (χ1v) is 6.53. The molecular weight excluding hydrogens is 369 g/mol. The number of aliphatic carboxylic acids is 1. The molecule has 1 aliphatic heterocycles. The number of carboxylic acid groups (broad SMARTS) is 1. The van der Waals surface area contributed by atoms with Gasteiger partial charge >= 0.3 is 48.1 Å². The quantitative estimate of drug-likeness (QED) is 0.630. The third-order valence-corrected chi connectivity index (χ3v) is 3.16. The number of carboxylic acids is 1. The summed E-state index contributed by atoms with van der Waals surface area (Å²) in [5, 5.41) is 8.92. The Labute approximate surface area is 161 Å². The van der Waals surface area contributed by atoms with E-state index in [1.807, 2.05) is 0 Å². The Hall–Kier alpha value is -1.39. The molecule has 0 amide bonds. The number of alkyl halides is 6. The zero-order valence-corrected chi connectivity index (χ0v) is 15.0. The number of hydrogen-bond donors (Lipinski definition) is 1. The molecule has 11 heteroatoms. The Morgan fingerprint density at radius 2 is 1.88 bits per heavy atom. The maximum Gasteiger partial charge on any atom is 1.00 e. The van der Waals surface area contributed by atoms with Gasteiger partial charge in [-0.25, -0.2) is 4.79 Å². The number of hydrogen-bond acceptors (Lipinski definition) is 3. The third kappa shape index (κ3) is 5.05. The third-order valence-electron chi connectivity index (χ3n) is 3.16. The summed E-state index contributed by atoms with van der Waals surface area (Å²) in [6.07, 6.45) is -12.0. The van der Waals surface area contributed by atoms with Crippen LogP contribution in [0.1, 0.15) is 19.5 Å². The Morgan fingerprint density at radius 1 is 1.28 bits per heavy atom. The topological polar surface area (TPSA) is 55.8 Å². The summed E-state index contributed by atoms with van der Waals surface area (Å²) in [4.78, 5) is 11.0. The second kappa shape index (κ2) is 7.46. The van der Waals surface area contributed by atoms with Crippen molar-refractivity contribution in [2.75, 3.05) is 0 Å². The van der Waals surface area contributed by atoms with E-state index in [0.29, 0.717) is 6.08 Å². The average molecular weight is 380 g/mol. The number of rotatable bonds is 3. The van der Waals surface area contributed by atoms with E-state index in [2.05, 4.69) is 4.74 Å². The molecule has 4 nitrogen and oxygen atoms in total. The van der Waals surface area contributed by atoms with Gasteiger partial charge in [-0.2, -0.15) is 13.2 Å². The van der Waals surface area contributed by atoms with Crippen molar-refractivity contribution < 1.29 is 76.7 Å². The SMILES string of the molecule is CCc1cc(OC(F)(F)F)cc2c1OC(C(F)(F)F)C(C(=O)O)=C2.[H-].[Na+]. The van der Waals surface area contributed by atoms with Gasteiger partial charge < -0.3 is 16.0 Å². The van der Waals surface area contributed by atoms with Gasteiger partial charge in [0.05, 0.1) is 5.57 Å². The molecule has 0 fully saturated rings. The van der Waals surface area contributed by atoms with Crippen molar-refractivity contribution in [1.82, 2.24) is 0 Å². The smallest absolute Gasteiger partial charge is 1.00 e. The standard InChI is InChI=1S/C14H10F6O4.Na.H/c1-2-6-3-8(24-14(18,19)20)4-7-5-9(12(21)22)11(13(15,16)17)23-10(6)7;;/h3-5,11H,2H2,1H3,(H,21,22);;/q;+1;-1. The number of ether oxygens (including phenoxy) is 2. The van der Waals surface area contributed by atoms with Crippen molar-refractivity contribution in [3.63, 3.8) is 0 Å². The van der Waals surface area contributed by atoms with Crippen LogP contribution in [0, 0.1) is 0 Å². The van der Waals surface area contributed by atoms with Gasteiger partial charge in [0.2, 0.25) is 6.10 Å². The molecule has 25 heavy (non-hydrogen) atoms. The molecule has 1 aromatic carbocycles. The minimum absolute atomic E-state index is 0. The molecule has 1 heterocycles. The van der Waals surface area contributed by atoms with Crippen molar-refractivity contribution in [2.45, 2.75) is 32.0 Å². The Balaban J connectivity index is 0.00000312. The van der Waals surface area contributed by atoms with Gasteiger partial charge in [-0.05, 0) is 30.2 Å². The van der Waals surface area contributed by atoms with Crippen LogP contribution in [0.2, 0.25) is 0 Å². The number of carbonyl (C=O) groups is 1. The first-order chi connectivity index (χ1) is 10.9. The van der Waals surface area contributed by atoms with Crippen LogP contribution < -0.4 is 39.0 Å². The predicted octanol–water partition coefficient (Wildman–Crippen LogP) is 1.06. The van der Waals surface area contributed by atoms with Gasteiger partial charge in [-0.1, -0.05) is 6.92 Å². The zero-order chi connectivity index (χ0) is 18.3. The number of aryl methyl sites for hydroxylation is 1. The molecule has 0 bridgehead atoms. The second-order valence-electron chi connectivity index (χ2n) is 4.85. The van der Waals surface area contributed by atoms with Gasteiger partial charge in [-0.15, -0.1) is 13.2 Å². The molecule has 1 N–H and O–H groups in total. The first kappa shape index (κ1) is 21.7. The van der Waals surface area contributed by atoms with Crippen molar-refractivity contribution in [3.05, 3.63) is 28.8 Å². The number of fused-ring (bicyclic) bond motifs is 1. The van der Waals surface area contributed by atoms with E-state index in [1.165, 1.54) is 6.92 Å². The van der Waals surface area contributed by atoms with Crippen LogP contribution in [0.4, 0.5) is 26.3 Å². The molecule has 0 aliphatic carbocycles. The Bertz CT molecular complexity index is 702. The molecular formula is C14H11F6NaO4. The summed E-state index contributed by atoms with van der Waals surface area (Å²) >= 11 is 0. The molecule has 0 saturated carbocycles. The fourth-order valence-corrected chi connectivity index (χ4v) is 2.23. The molecule has 0 spiro atoms. The van der Waals surface area contributed by atoms with Crippen molar-refractivity contribution in [3.8, 4) is 11.5 Å². The van der Waals surface area contributed by atoms with Crippen molar-refractivity contribution in [2.24, 2.45) is 0 Å². The summed E-state index contributed by atoms with van der Waals surface area (Å²) in [6.45, 7) is 1.50. The van der Waals surface area contributed by atoms with Crippen LogP contribution in [0.25, 0.3) is 6.08 Å². The van der Waals surface area contributed by atoms with E-state index in [-0.39, 0.29) is 54.3 Å². The summed E-state index contributed by atoms with van der Waals surface area (Å²) in [6, 6.07) is 1.68. The van der Waals surface area contributed by atoms with E-state index in [9.17, 15) is 31.1 Å². The summed E-state index contributed by atoms with van der Waals surface area (Å²) in [5.41, 5.74) is -1.32. The second-order valence-corrected chi connectivity index (χ2v) is 4.85. The Kier molecular flexibility index (Phi) is 6.47.